The summed E-state index contributed by atoms with van der Waals surface area (Å²) >= 11 is 0. The standard InChI is InChI=1S/C13H18O5S/c1-9(2)12(15)13(16,8-14)19(17,18)11-6-4-10(3)5-7-11/h4-7,14-16H,8H2,1-3H3. The number of sulfone groups is 1. The van der Waals surface area contributed by atoms with Gasteiger partial charge in [-0.2, -0.15) is 0 Å². The molecule has 6 heteroatoms. The zero-order valence-electron chi connectivity index (χ0n) is 11.1. The first-order valence-electron chi connectivity index (χ1n) is 5.68. The summed E-state index contributed by atoms with van der Waals surface area (Å²) in [4.78, 5) is -2.89. The highest BCUT2D eigenvalue weighted by molar-refractivity contribution is 7.92. The molecule has 1 unspecified atom stereocenters. The normalized spacial score (nSPS) is 14.8. The van der Waals surface area contributed by atoms with Crippen molar-refractivity contribution in [1.82, 2.24) is 0 Å². The summed E-state index contributed by atoms with van der Waals surface area (Å²) in [5.41, 5.74) is 1.07. The smallest absolute Gasteiger partial charge is 0.251 e. The molecule has 0 aromatic heterocycles. The minimum absolute atomic E-state index is 0.164. The van der Waals surface area contributed by atoms with Gasteiger partial charge in [0.25, 0.3) is 4.93 Å². The first-order valence-corrected chi connectivity index (χ1v) is 7.16. The molecule has 0 aliphatic carbocycles. The van der Waals surface area contributed by atoms with Crippen molar-refractivity contribution in [2.45, 2.75) is 30.6 Å². The lowest BCUT2D eigenvalue weighted by Gasteiger charge is -2.26. The molecule has 0 heterocycles. The Morgan fingerprint density at radius 2 is 1.68 bits per heavy atom. The molecule has 1 aromatic carbocycles. The minimum Gasteiger partial charge on any atom is -0.508 e. The first kappa shape index (κ1) is 15.7. The third kappa shape index (κ3) is 2.65. The van der Waals surface area contributed by atoms with Gasteiger partial charge in [0.1, 0.15) is 5.76 Å². The van der Waals surface area contributed by atoms with E-state index in [0.29, 0.717) is 0 Å². The van der Waals surface area contributed by atoms with Crippen molar-refractivity contribution >= 4 is 9.84 Å². The van der Waals surface area contributed by atoms with Crippen LogP contribution in [0.2, 0.25) is 0 Å². The molecule has 1 atom stereocenters. The summed E-state index contributed by atoms with van der Waals surface area (Å²) in [5, 5.41) is 29.2. The van der Waals surface area contributed by atoms with Crippen molar-refractivity contribution in [1.29, 1.82) is 0 Å². The highest BCUT2D eigenvalue weighted by Crippen LogP contribution is 2.30. The molecule has 0 aliphatic heterocycles. The van der Waals surface area contributed by atoms with Crippen LogP contribution in [0.5, 0.6) is 0 Å². The first-order chi connectivity index (χ1) is 8.66. The lowest BCUT2D eigenvalue weighted by molar-refractivity contribution is 0.0491. The van der Waals surface area contributed by atoms with Crippen LogP contribution in [0.1, 0.15) is 19.4 Å². The number of benzene rings is 1. The van der Waals surface area contributed by atoms with Gasteiger partial charge in [-0.3, -0.25) is 0 Å². The molecule has 19 heavy (non-hydrogen) atoms. The predicted octanol–water partition coefficient (Wildman–Crippen LogP) is 1.30. The van der Waals surface area contributed by atoms with E-state index >= 15 is 0 Å². The van der Waals surface area contributed by atoms with Crippen LogP contribution in [0.4, 0.5) is 0 Å². The molecule has 0 aliphatic rings. The maximum atomic E-state index is 12.3. The lowest BCUT2D eigenvalue weighted by Crippen LogP contribution is -2.44. The fourth-order valence-electron chi connectivity index (χ4n) is 1.59. The lowest BCUT2D eigenvalue weighted by atomic mass is 10.2. The minimum atomic E-state index is -4.31. The summed E-state index contributed by atoms with van der Waals surface area (Å²) in [6, 6.07) is 5.79. The molecule has 0 saturated heterocycles. The molecule has 0 bridgehead atoms. The van der Waals surface area contributed by atoms with Gasteiger partial charge in [-0.1, -0.05) is 17.7 Å². The Bertz CT molecular complexity index is 582. The topological polar surface area (TPSA) is 94.8 Å². The van der Waals surface area contributed by atoms with E-state index in [0.717, 1.165) is 5.56 Å². The number of hydrogen-bond acceptors (Lipinski definition) is 5. The van der Waals surface area contributed by atoms with Crippen LogP contribution in [0.25, 0.3) is 0 Å². The van der Waals surface area contributed by atoms with Gasteiger partial charge in [-0.15, -0.1) is 0 Å². The molecule has 0 fully saturated rings. The van der Waals surface area contributed by atoms with Crippen LogP contribution in [-0.2, 0) is 9.84 Å². The monoisotopic (exact) mass is 286 g/mol. The number of hydrogen-bond donors (Lipinski definition) is 3. The second-order valence-corrected chi connectivity index (χ2v) is 6.76. The Morgan fingerprint density at radius 3 is 2.05 bits per heavy atom. The van der Waals surface area contributed by atoms with Crippen molar-refractivity contribution in [2.24, 2.45) is 0 Å². The quantitative estimate of drug-likeness (QED) is 0.725. The molecule has 5 nitrogen and oxygen atoms in total. The molecular formula is C13H18O5S. The van der Waals surface area contributed by atoms with Gasteiger partial charge in [0, 0.05) is 0 Å². The zero-order chi connectivity index (χ0) is 14.8. The van der Waals surface area contributed by atoms with Gasteiger partial charge in [0.05, 0.1) is 11.5 Å². The predicted molar refractivity (Wildman–Crippen MR) is 71.4 cm³/mol. The molecule has 0 radical (unpaired) electrons. The van der Waals surface area contributed by atoms with Crippen LogP contribution in [0, 0.1) is 6.92 Å². The van der Waals surface area contributed by atoms with Crippen LogP contribution < -0.4 is 0 Å². The number of aliphatic hydroxyl groups is 3. The number of aryl methyl sites for hydroxylation is 1. The SMILES string of the molecule is CC(C)=C(O)C(O)(CO)S(=O)(=O)c1ccc(C)cc1. The molecule has 1 aromatic rings. The fraction of sp³-hybridized carbons (Fsp3) is 0.385. The summed E-state index contributed by atoms with van der Waals surface area (Å²) in [6.07, 6.45) is 0. The Balaban J connectivity index is 3.47. The second-order valence-electron chi connectivity index (χ2n) is 4.61. The Labute approximate surface area is 112 Å². The second kappa shape index (κ2) is 5.32. The molecular weight excluding hydrogens is 268 g/mol. The summed E-state index contributed by atoms with van der Waals surface area (Å²) in [7, 11) is -4.31. The van der Waals surface area contributed by atoms with E-state index in [-0.39, 0.29) is 10.5 Å². The maximum Gasteiger partial charge on any atom is 0.251 e. The van der Waals surface area contributed by atoms with Crippen molar-refractivity contribution in [3.63, 3.8) is 0 Å². The average Bonchev–Trinajstić information content (AvgIpc) is 2.37. The van der Waals surface area contributed by atoms with Crippen molar-refractivity contribution in [2.75, 3.05) is 6.61 Å². The van der Waals surface area contributed by atoms with Gasteiger partial charge in [-0.05, 0) is 38.5 Å². The summed E-state index contributed by atoms with van der Waals surface area (Å²) in [5.74, 6) is -0.754. The van der Waals surface area contributed by atoms with Gasteiger partial charge in [-0.25, -0.2) is 8.42 Å². The largest absolute Gasteiger partial charge is 0.508 e. The maximum absolute atomic E-state index is 12.3. The molecule has 0 amide bonds. The summed E-state index contributed by atoms with van der Waals surface area (Å²) < 4.78 is 24.7. The van der Waals surface area contributed by atoms with E-state index < -0.39 is 27.1 Å². The molecule has 0 spiro atoms. The highest BCUT2D eigenvalue weighted by Gasteiger charge is 2.47. The Morgan fingerprint density at radius 1 is 1.21 bits per heavy atom. The third-order valence-electron chi connectivity index (χ3n) is 2.83. The Kier molecular flexibility index (Phi) is 4.39. The average molecular weight is 286 g/mol. The van der Waals surface area contributed by atoms with Gasteiger partial charge >= 0.3 is 0 Å². The van der Waals surface area contributed by atoms with Crippen LogP contribution >= 0.6 is 0 Å². The molecule has 106 valence electrons. The van der Waals surface area contributed by atoms with Gasteiger partial charge in [0.15, 0.2) is 0 Å². The number of allylic oxidation sites excluding steroid dienone is 1. The number of aliphatic hydroxyl groups excluding tert-OH is 2. The Hall–Kier alpha value is -1.37. The van der Waals surface area contributed by atoms with Gasteiger partial charge < -0.3 is 15.3 Å². The van der Waals surface area contributed by atoms with Crippen LogP contribution in [0.15, 0.2) is 40.5 Å². The van der Waals surface area contributed by atoms with E-state index in [4.69, 9.17) is 0 Å². The van der Waals surface area contributed by atoms with Crippen molar-refractivity contribution in [3.05, 3.63) is 41.2 Å². The highest BCUT2D eigenvalue weighted by atomic mass is 32.2. The molecule has 3 N–H and O–H groups in total. The van der Waals surface area contributed by atoms with Crippen LogP contribution in [0.3, 0.4) is 0 Å². The van der Waals surface area contributed by atoms with Gasteiger partial charge in [0.2, 0.25) is 9.84 Å². The fourth-order valence-corrected chi connectivity index (χ4v) is 3.10. The molecule has 1 rings (SSSR count). The van der Waals surface area contributed by atoms with E-state index in [1.54, 1.807) is 19.1 Å². The van der Waals surface area contributed by atoms with E-state index in [2.05, 4.69) is 0 Å². The summed E-state index contributed by atoms with van der Waals surface area (Å²) in [6.45, 7) is 3.56. The third-order valence-corrected chi connectivity index (χ3v) is 4.94. The van der Waals surface area contributed by atoms with E-state index in [1.807, 2.05) is 0 Å². The molecule has 0 saturated carbocycles. The number of rotatable bonds is 4. The van der Waals surface area contributed by atoms with Crippen molar-refractivity contribution in [3.8, 4) is 0 Å². The van der Waals surface area contributed by atoms with E-state index in [1.165, 1.54) is 26.0 Å². The van der Waals surface area contributed by atoms with Crippen molar-refractivity contribution < 1.29 is 23.7 Å². The van der Waals surface area contributed by atoms with E-state index in [9.17, 15) is 23.7 Å². The zero-order valence-corrected chi connectivity index (χ0v) is 11.9. The van der Waals surface area contributed by atoms with Crippen LogP contribution in [-0.4, -0.2) is 35.3 Å².